The van der Waals surface area contributed by atoms with Gasteiger partial charge in [0.2, 0.25) is 0 Å². The molecule has 1 atom stereocenters. The molecular formula is C24H23FN2O. The highest BCUT2D eigenvalue weighted by Gasteiger charge is 2.28. The van der Waals surface area contributed by atoms with E-state index in [2.05, 4.69) is 17.4 Å². The standard InChI is InChI=1S/C24H23FN2O/c25-20-12-10-19(11-13-20)22-8-4-5-9-23(22)24(28)27-15-14-26-17-21(27)16-18-6-2-1-3-7-18/h1-13,21,26H,14-17H2. The van der Waals surface area contributed by atoms with Crippen LogP contribution in [0.25, 0.3) is 11.1 Å². The number of rotatable bonds is 4. The number of hydrogen-bond donors (Lipinski definition) is 1. The van der Waals surface area contributed by atoms with Gasteiger partial charge in [-0.1, -0.05) is 60.7 Å². The van der Waals surface area contributed by atoms with Crippen molar-refractivity contribution in [3.05, 3.63) is 95.8 Å². The second-order valence-electron chi connectivity index (χ2n) is 7.10. The lowest BCUT2D eigenvalue weighted by molar-refractivity contribution is 0.0637. The van der Waals surface area contributed by atoms with Gasteiger partial charge < -0.3 is 10.2 Å². The van der Waals surface area contributed by atoms with Crippen molar-refractivity contribution in [3.63, 3.8) is 0 Å². The molecule has 1 unspecified atom stereocenters. The van der Waals surface area contributed by atoms with Gasteiger partial charge in [0.15, 0.2) is 0 Å². The topological polar surface area (TPSA) is 32.3 Å². The molecule has 0 spiro atoms. The number of hydrogen-bond acceptors (Lipinski definition) is 2. The fourth-order valence-corrected chi connectivity index (χ4v) is 3.80. The molecule has 0 saturated carbocycles. The first-order valence-electron chi connectivity index (χ1n) is 9.63. The van der Waals surface area contributed by atoms with Crippen LogP contribution in [0, 0.1) is 5.82 Å². The van der Waals surface area contributed by atoms with Crippen LogP contribution in [-0.2, 0) is 6.42 Å². The largest absolute Gasteiger partial charge is 0.333 e. The zero-order chi connectivity index (χ0) is 19.3. The lowest BCUT2D eigenvalue weighted by atomic mass is 9.97. The van der Waals surface area contributed by atoms with Crippen molar-refractivity contribution in [2.24, 2.45) is 0 Å². The van der Waals surface area contributed by atoms with E-state index >= 15 is 0 Å². The van der Waals surface area contributed by atoms with Crippen LogP contribution < -0.4 is 5.32 Å². The van der Waals surface area contributed by atoms with Crippen LogP contribution in [0.2, 0.25) is 0 Å². The number of amides is 1. The number of nitrogens with one attached hydrogen (secondary N) is 1. The third kappa shape index (κ3) is 3.97. The van der Waals surface area contributed by atoms with Crippen LogP contribution in [0.15, 0.2) is 78.9 Å². The Morgan fingerprint density at radius 3 is 2.46 bits per heavy atom. The quantitative estimate of drug-likeness (QED) is 0.744. The van der Waals surface area contributed by atoms with E-state index in [1.165, 1.54) is 17.7 Å². The second kappa shape index (κ2) is 8.36. The van der Waals surface area contributed by atoms with E-state index in [9.17, 15) is 9.18 Å². The Morgan fingerprint density at radius 1 is 0.964 bits per heavy atom. The van der Waals surface area contributed by atoms with Gasteiger partial charge in [-0.3, -0.25) is 4.79 Å². The Labute approximate surface area is 164 Å². The van der Waals surface area contributed by atoms with E-state index < -0.39 is 0 Å². The first kappa shape index (κ1) is 18.4. The summed E-state index contributed by atoms with van der Waals surface area (Å²) in [6, 6.07) is 24.3. The molecule has 3 aromatic rings. The van der Waals surface area contributed by atoms with Crippen LogP contribution in [0.5, 0.6) is 0 Å². The number of piperazine rings is 1. The van der Waals surface area contributed by atoms with Gasteiger partial charge in [-0.25, -0.2) is 4.39 Å². The summed E-state index contributed by atoms with van der Waals surface area (Å²) in [5.41, 5.74) is 3.57. The summed E-state index contributed by atoms with van der Waals surface area (Å²) < 4.78 is 13.3. The van der Waals surface area contributed by atoms with Crippen molar-refractivity contribution in [2.45, 2.75) is 12.5 Å². The molecule has 3 nitrogen and oxygen atoms in total. The van der Waals surface area contributed by atoms with E-state index in [1.807, 2.05) is 47.4 Å². The van der Waals surface area contributed by atoms with Crippen LogP contribution in [0.4, 0.5) is 4.39 Å². The summed E-state index contributed by atoms with van der Waals surface area (Å²) in [7, 11) is 0. The number of halogens is 1. The summed E-state index contributed by atoms with van der Waals surface area (Å²) >= 11 is 0. The average molecular weight is 374 g/mol. The van der Waals surface area contributed by atoms with Crippen molar-refractivity contribution >= 4 is 5.91 Å². The first-order chi connectivity index (χ1) is 13.7. The van der Waals surface area contributed by atoms with Crippen LogP contribution in [0.1, 0.15) is 15.9 Å². The molecule has 1 aliphatic rings. The maximum absolute atomic E-state index is 13.5. The van der Waals surface area contributed by atoms with Crippen molar-refractivity contribution in [1.29, 1.82) is 0 Å². The van der Waals surface area contributed by atoms with Crippen molar-refractivity contribution in [1.82, 2.24) is 10.2 Å². The molecule has 4 rings (SSSR count). The van der Waals surface area contributed by atoms with E-state index in [1.54, 1.807) is 12.1 Å². The number of benzene rings is 3. The predicted octanol–water partition coefficient (Wildman–Crippen LogP) is 4.15. The van der Waals surface area contributed by atoms with Crippen molar-refractivity contribution in [3.8, 4) is 11.1 Å². The molecule has 0 aliphatic carbocycles. The van der Waals surface area contributed by atoms with Gasteiger partial charge in [-0.15, -0.1) is 0 Å². The second-order valence-corrected chi connectivity index (χ2v) is 7.10. The Bertz CT molecular complexity index is 940. The Kier molecular flexibility index (Phi) is 5.49. The maximum atomic E-state index is 13.5. The van der Waals surface area contributed by atoms with Gasteiger partial charge in [0.05, 0.1) is 0 Å². The van der Waals surface area contributed by atoms with Crippen molar-refractivity contribution < 1.29 is 9.18 Å². The van der Waals surface area contributed by atoms with Crippen LogP contribution in [0.3, 0.4) is 0 Å². The zero-order valence-corrected chi connectivity index (χ0v) is 15.6. The lowest BCUT2D eigenvalue weighted by Crippen LogP contribution is -2.54. The van der Waals surface area contributed by atoms with E-state index in [0.717, 1.165) is 30.6 Å². The molecule has 28 heavy (non-hydrogen) atoms. The molecule has 1 aliphatic heterocycles. The fourth-order valence-electron chi connectivity index (χ4n) is 3.80. The Hall–Kier alpha value is -2.98. The lowest BCUT2D eigenvalue weighted by Gasteiger charge is -2.37. The van der Waals surface area contributed by atoms with Gasteiger partial charge in [0.1, 0.15) is 5.82 Å². The third-order valence-electron chi connectivity index (χ3n) is 5.24. The first-order valence-corrected chi connectivity index (χ1v) is 9.63. The molecule has 1 fully saturated rings. The summed E-state index contributed by atoms with van der Waals surface area (Å²) in [5, 5.41) is 3.41. The van der Waals surface area contributed by atoms with Crippen molar-refractivity contribution in [2.75, 3.05) is 19.6 Å². The van der Waals surface area contributed by atoms with Crippen LogP contribution in [-0.4, -0.2) is 36.5 Å². The summed E-state index contributed by atoms with van der Waals surface area (Å²) in [5.74, 6) is -0.250. The third-order valence-corrected chi connectivity index (χ3v) is 5.24. The number of carbonyl (C=O) groups is 1. The summed E-state index contributed by atoms with van der Waals surface area (Å²) in [6.07, 6.45) is 0.818. The normalized spacial score (nSPS) is 16.8. The molecule has 1 heterocycles. The minimum absolute atomic E-state index is 0.0300. The van der Waals surface area contributed by atoms with Crippen LogP contribution >= 0.6 is 0 Å². The SMILES string of the molecule is O=C(c1ccccc1-c1ccc(F)cc1)N1CCNCC1Cc1ccccc1. The molecular weight excluding hydrogens is 351 g/mol. The molecule has 1 N–H and O–H groups in total. The number of nitrogens with zero attached hydrogens (tertiary/aromatic N) is 1. The molecule has 0 aromatic heterocycles. The van der Waals surface area contributed by atoms with E-state index in [0.29, 0.717) is 12.1 Å². The molecule has 0 bridgehead atoms. The average Bonchev–Trinajstić information content (AvgIpc) is 2.75. The van der Waals surface area contributed by atoms with Gasteiger partial charge >= 0.3 is 0 Å². The highest BCUT2D eigenvalue weighted by molar-refractivity contribution is 6.01. The molecule has 142 valence electrons. The van der Waals surface area contributed by atoms with E-state index in [-0.39, 0.29) is 17.8 Å². The van der Waals surface area contributed by atoms with E-state index in [4.69, 9.17) is 0 Å². The highest BCUT2D eigenvalue weighted by Crippen LogP contribution is 2.26. The van der Waals surface area contributed by atoms with Gasteiger partial charge in [-0.05, 0) is 41.3 Å². The highest BCUT2D eigenvalue weighted by atomic mass is 19.1. The number of carbonyl (C=O) groups excluding carboxylic acids is 1. The maximum Gasteiger partial charge on any atom is 0.254 e. The monoisotopic (exact) mass is 374 g/mol. The van der Waals surface area contributed by atoms with Gasteiger partial charge in [-0.2, -0.15) is 0 Å². The molecule has 1 amide bonds. The minimum atomic E-state index is -0.280. The van der Waals surface area contributed by atoms with Gasteiger partial charge in [0, 0.05) is 31.2 Å². The summed E-state index contributed by atoms with van der Waals surface area (Å²) in [4.78, 5) is 15.5. The Morgan fingerprint density at radius 2 is 1.68 bits per heavy atom. The molecule has 3 aromatic carbocycles. The molecule has 0 radical (unpaired) electrons. The minimum Gasteiger partial charge on any atom is -0.333 e. The molecule has 1 saturated heterocycles. The summed E-state index contributed by atoms with van der Waals surface area (Å²) in [6.45, 7) is 2.24. The smallest absolute Gasteiger partial charge is 0.254 e. The van der Waals surface area contributed by atoms with Gasteiger partial charge in [0.25, 0.3) is 5.91 Å². The Balaban J connectivity index is 1.63. The molecule has 4 heteroatoms. The predicted molar refractivity (Wildman–Crippen MR) is 110 cm³/mol. The zero-order valence-electron chi connectivity index (χ0n) is 15.6. The fraction of sp³-hybridized carbons (Fsp3) is 0.208.